The topological polar surface area (TPSA) is 0 Å². The van der Waals surface area contributed by atoms with E-state index in [4.69, 9.17) is 23.2 Å². The molecule has 0 aromatic carbocycles. The lowest BCUT2D eigenvalue weighted by Gasteiger charge is -2.05. The standard InChI is InChI=1S/C6Cl4F4S/c7-1-2(8)4(6(10,13)14)15-3(1)5(9,11)12. The number of rotatable bonds is 2. The van der Waals surface area contributed by atoms with Crippen LogP contribution in [0.4, 0.5) is 17.6 Å². The van der Waals surface area contributed by atoms with Crippen molar-refractivity contribution in [2.45, 2.75) is 10.8 Å². The smallest absolute Gasteiger partial charge is 0.182 e. The van der Waals surface area contributed by atoms with E-state index in [1.807, 2.05) is 0 Å². The van der Waals surface area contributed by atoms with Gasteiger partial charge in [-0.2, -0.15) is 17.6 Å². The molecule has 0 saturated carbocycles. The molecular weight excluding hydrogens is 322 g/mol. The molecule has 1 aromatic rings. The lowest BCUT2D eigenvalue weighted by molar-refractivity contribution is 0.0985. The second kappa shape index (κ2) is 4.11. The Kier molecular flexibility index (Phi) is 3.74. The van der Waals surface area contributed by atoms with Gasteiger partial charge in [0.05, 0.1) is 10.0 Å². The molecule has 0 atom stereocenters. The van der Waals surface area contributed by atoms with E-state index >= 15 is 0 Å². The van der Waals surface area contributed by atoms with Crippen molar-refractivity contribution in [3.63, 3.8) is 0 Å². The average molecular weight is 322 g/mol. The van der Waals surface area contributed by atoms with E-state index in [9.17, 15) is 17.6 Å². The van der Waals surface area contributed by atoms with Gasteiger partial charge in [0.15, 0.2) is 0 Å². The van der Waals surface area contributed by atoms with Crippen molar-refractivity contribution in [2.75, 3.05) is 0 Å². The molecule has 1 rings (SSSR count). The predicted molar refractivity (Wildman–Crippen MR) is 53.8 cm³/mol. The summed E-state index contributed by atoms with van der Waals surface area (Å²) in [6, 6.07) is 0. The van der Waals surface area contributed by atoms with Crippen LogP contribution in [0, 0.1) is 0 Å². The van der Waals surface area contributed by atoms with Gasteiger partial charge in [0.2, 0.25) is 0 Å². The zero-order valence-corrected chi connectivity index (χ0v) is 10.3. The quantitative estimate of drug-likeness (QED) is 0.489. The number of thiophene rings is 1. The minimum Gasteiger partial charge on any atom is -0.182 e. The van der Waals surface area contributed by atoms with Crippen molar-refractivity contribution in [1.82, 2.24) is 0 Å². The summed E-state index contributed by atoms with van der Waals surface area (Å²) in [5.41, 5.74) is 0. The molecule has 1 aromatic heterocycles. The van der Waals surface area contributed by atoms with Crippen LogP contribution >= 0.6 is 57.7 Å². The second-order valence-corrected chi connectivity index (χ2v) is 5.11. The molecule has 0 amide bonds. The molecule has 15 heavy (non-hydrogen) atoms. The zero-order valence-electron chi connectivity index (χ0n) is 6.43. The molecule has 0 nitrogen and oxygen atoms in total. The largest absolute Gasteiger partial charge is 0.358 e. The number of hydrogen-bond acceptors (Lipinski definition) is 1. The first-order valence-corrected chi connectivity index (χ1v) is 5.50. The molecule has 0 aliphatic heterocycles. The van der Waals surface area contributed by atoms with Crippen LogP contribution < -0.4 is 0 Å². The molecule has 0 saturated heterocycles. The fourth-order valence-corrected chi connectivity index (χ4v) is 2.86. The highest BCUT2D eigenvalue weighted by atomic mass is 35.5. The van der Waals surface area contributed by atoms with E-state index in [1.165, 1.54) is 0 Å². The Labute approximate surface area is 106 Å². The van der Waals surface area contributed by atoms with Gasteiger partial charge in [-0.1, -0.05) is 23.2 Å². The van der Waals surface area contributed by atoms with E-state index in [0.29, 0.717) is 0 Å². The van der Waals surface area contributed by atoms with Crippen LogP contribution in [0.2, 0.25) is 10.0 Å². The minimum absolute atomic E-state index is 0.0278. The van der Waals surface area contributed by atoms with Crippen molar-refractivity contribution >= 4 is 57.7 Å². The first kappa shape index (κ1) is 13.6. The van der Waals surface area contributed by atoms with Crippen LogP contribution in [0.25, 0.3) is 0 Å². The van der Waals surface area contributed by atoms with E-state index in [-0.39, 0.29) is 11.3 Å². The van der Waals surface area contributed by atoms with Gasteiger partial charge < -0.3 is 0 Å². The fraction of sp³-hybridized carbons (Fsp3) is 0.333. The van der Waals surface area contributed by atoms with Crippen LogP contribution in [0.5, 0.6) is 0 Å². The van der Waals surface area contributed by atoms with Gasteiger partial charge in [-0.25, -0.2) is 0 Å². The monoisotopic (exact) mass is 320 g/mol. The molecular formula is C6Cl4F4S. The highest BCUT2D eigenvalue weighted by molar-refractivity contribution is 7.14. The van der Waals surface area contributed by atoms with Gasteiger partial charge in [0.25, 0.3) is 0 Å². The molecule has 0 N–H and O–H groups in total. The first-order valence-electron chi connectivity index (χ1n) is 3.17. The SMILES string of the molecule is FC(F)(Cl)c1sc(C(F)(F)Cl)c(Cl)c1Cl. The summed E-state index contributed by atoms with van der Waals surface area (Å²) in [6.45, 7) is 0. The van der Waals surface area contributed by atoms with E-state index in [0.717, 1.165) is 0 Å². The van der Waals surface area contributed by atoms with Crippen LogP contribution in [0.1, 0.15) is 9.75 Å². The van der Waals surface area contributed by atoms with Gasteiger partial charge in [0, 0.05) is 0 Å². The highest BCUT2D eigenvalue weighted by Crippen LogP contribution is 2.52. The second-order valence-electron chi connectivity index (χ2n) is 2.38. The summed E-state index contributed by atoms with van der Waals surface area (Å²) in [6.07, 6.45) is 0. The van der Waals surface area contributed by atoms with Crippen molar-refractivity contribution < 1.29 is 17.6 Å². The lowest BCUT2D eigenvalue weighted by atomic mass is 10.4. The summed E-state index contributed by atoms with van der Waals surface area (Å²) in [5.74, 6) is 0. The Morgan fingerprint density at radius 1 is 0.800 bits per heavy atom. The molecule has 0 bridgehead atoms. The molecule has 1 heterocycles. The number of hydrogen-bond donors (Lipinski definition) is 0. The van der Waals surface area contributed by atoms with Gasteiger partial charge in [-0.05, 0) is 23.2 Å². The summed E-state index contributed by atoms with van der Waals surface area (Å²) >= 11 is 19.9. The lowest BCUT2D eigenvalue weighted by Crippen LogP contribution is -2.01. The van der Waals surface area contributed by atoms with Crippen LogP contribution in [-0.2, 0) is 10.8 Å². The molecule has 0 radical (unpaired) electrons. The van der Waals surface area contributed by atoms with E-state index in [2.05, 4.69) is 23.2 Å². The summed E-state index contributed by atoms with van der Waals surface area (Å²) in [7, 11) is 0. The summed E-state index contributed by atoms with van der Waals surface area (Å²) in [4.78, 5) is -1.91. The third-order valence-electron chi connectivity index (χ3n) is 1.31. The molecule has 0 aliphatic carbocycles. The molecule has 0 unspecified atom stereocenters. The molecule has 0 aliphatic rings. The normalized spacial score (nSPS) is 13.3. The predicted octanol–water partition coefficient (Wildman–Crippen LogP) is 5.63. The van der Waals surface area contributed by atoms with Gasteiger partial charge in [-0.15, -0.1) is 11.3 Å². The van der Waals surface area contributed by atoms with Gasteiger partial charge >= 0.3 is 10.8 Å². The molecule has 0 fully saturated rings. The van der Waals surface area contributed by atoms with E-state index < -0.39 is 30.6 Å². The Morgan fingerprint density at radius 2 is 1.07 bits per heavy atom. The zero-order chi connectivity index (χ0) is 12.0. The highest BCUT2D eigenvalue weighted by Gasteiger charge is 2.41. The van der Waals surface area contributed by atoms with Crippen LogP contribution in [0.15, 0.2) is 0 Å². The molecule has 0 spiro atoms. The molecule has 86 valence electrons. The minimum atomic E-state index is -3.86. The first-order chi connectivity index (χ1) is 6.55. The van der Waals surface area contributed by atoms with Crippen molar-refractivity contribution in [1.29, 1.82) is 0 Å². The fourth-order valence-electron chi connectivity index (χ4n) is 0.756. The summed E-state index contributed by atoms with van der Waals surface area (Å²) < 4.78 is 50.6. The number of halogens is 8. The Hall–Kier alpha value is 0.580. The Bertz CT molecular complexity index is 343. The maximum absolute atomic E-state index is 12.6. The summed E-state index contributed by atoms with van der Waals surface area (Å²) in [5, 5.41) is -9.13. The van der Waals surface area contributed by atoms with Crippen molar-refractivity contribution in [2.24, 2.45) is 0 Å². The maximum Gasteiger partial charge on any atom is 0.358 e. The van der Waals surface area contributed by atoms with Crippen LogP contribution in [0.3, 0.4) is 0 Å². The Morgan fingerprint density at radius 3 is 1.20 bits per heavy atom. The van der Waals surface area contributed by atoms with Crippen molar-refractivity contribution in [3.05, 3.63) is 19.8 Å². The Balaban J connectivity index is 3.38. The van der Waals surface area contributed by atoms with Crippen molar-refractivity contribution in [3.8, 4) is 0 Å². The van der Waals surface area contributed by atoms with Crippen LogP contribution in [-0.4, -0.2) is 0 Å². The average Bonchev–Trinajstić information content (AvgIpc) is 2.26. The third kappa shape index (κ3) is 2.82. The van der Waals surface area contributed by atoms with E-state index in [1.54, 1.807) is 0 Å². The molecule has 9 heteroatoms. The van der Waals surface area contributed by atoms with Gasteiger partial charge in [0.1, 0.15) is 9.75 Å². The van der Waals surface area contributed by atoms with Gasteiger partial charge in [-0.3, -0.25) is 0 Å². The number of alkyl halides is 6. The maximum atomic E-state index is 12.6. The third-order valence-corrected chi connectivity index (χ3v) is 4.32.